The summed E-state index contributed by atoms with van der Waals surface area (Å²) >= 11 is 12.7. The number of aromatic nitrogens is 2. The molecule has 3 rings (SSSR count). The van der Waals surface area contributed by atoms with Gasteiger partial charge < -0.3 is 5.73 Å². The first-order chi connectivity index (χ1) is 9.49. The van der Waals surface area contributed by atoms with Crippen LogP contribution in [0.15, 0.2) is 39.3 Å². The molecule has 0 unspecified atom stereocenters. The molecule has 1 aromatic heterocycles. The van der Waals surface area contributed by atoms with E-state index < -0.39 is 5.82 Å². The molecule has 2 aromatic carbocycles. The van der Waals surface area contributed by atoms with Gasteiger partial charge in [-0.25, -0.2) is 9.37 Å². The van der Waals surface area contributed by atoms with Crippen LogP contribution in [0.5, 0.6) is 0 Å². The molecule has 0 aliphatic carbocycles. The highest BCUT2D eigenvalue weighted by Crippen LogP contribution is 2.34. The molecule has 0 saturated carbocycles. The zero-order valence-electron chi connectivity index (χ0n) is 9.87. The number of benzene rings is 2. The summed E-state index contributed by atoms with van der Waals surface area (Å²) < 4.78 is 17.0. The van der Waals surface area contributed by atoms with Crippen molar-refractivity contribution >= 4 is 60.4 Å². The van der Waals surface area contributed by atoms with E-state index in [2.05, 4.69) is 36.8 Å². The van der Waals surface area contributed by atoms with E-state index in [9.17, 15) is 4.39 Å². The predicted molar refractivity (Wildman–Crippen MR) is 85.9 cm³/mol. The second kappa shape index (κ2) is 5.02. The van der Waals surface area contributed by atoms with Crippen molar-refractivity contribution in [2.75, 3.05) is 5.73 Å². The van der Waals surface area contributed by atoms with Gasteiger partial charge in [0.05, 0.1) is 21.7 Å². The van der Waals surface area contributed by atoms with Crippen LogP contribution in [0, 0.1) is 5.82 Å². The molecular formula is C13H7Br2ClFN3. The summed E-state index contributed by atoms with van der Waals surface area (Å²) in [6.45, 7) is 0. The fourth-order valence-corrected chi connectivity index (χ4v) is 3.54. The van der Waals surface area contributed by atoms with E-state index in [0.29, 0.717) is 11.0 Å². The van der Waals surface area contributed by atoms with Gasteiger partial charge in [0.1, 0.15) is 5.82 Å². The summed E-state index contributed by atoms with van der Waals surface area (Å²) in [6, 6.07) is 8.41. The molecule has 0 aliphatic heterocycles. The number of rotatable bonds is 1. The Morgan fingerprint density at radius 3 is 2.50 bits per heavy atom. The lowest BCUT2D eigenvalue weighted by Gasteiger charge is -2.11. The van der Waals surface area contributed by atoms with Crippen molar-refractivity contribution in [1.82, 2.24) is 9.55 Å². The number of nitrogens with zero attached hydrogens (tertiary/aromatic N) is 2. The normalized spacial score (nSPS) is 11.2. The molecule has 1 heterocycles. The summed E-state index contributed by atoms with van der Waals surface area (Å²) in [5, 5.41) is 0.0216. The highest BCUT2D eigenvalue weighted by atomic mass is 79.9. The van der Waals surface area contributed by atoms with E-state index in [1.165, 1.54) is 12.1 Å². The summed E-state index contributed by atoms with van der Waals surface area (Å²) in [6.07, 6.45) is 0. The van der Waals surface area contributed by atoms with Gasteiger partial charge in [-0.05, 0) is 50.1 Å². The lowest BCUT2D eigenvalue weighted by atomic mass is 10.2. The van der Waals surface area contributed by atoms with E-state index in [1.807, 2.05) is 18.2 Å². The third-order valence-corrected chi connectivity index (χ3v) is 4.45. The standard InChI is InChI=1S/C13H7Br2ClFN3/c14-6-2-1-3-7(15)12(6)20-11-5-9(17)8(16)4-10(11)19-13(20)18/h1-5H,(H2,18,19). The number of hydrogen-bond donors (Lipinski definition) is 1. The summed E-state index contributed by atoms with van der Waals surface area (Å²) in [5.41, 5.74) is 7.82. The monoisotopic (exact) mass is 417 g/mol. The van der Waals surface area contributed by atoms with Crippen LogP contribution in [-0.2, 0) is 0 Å². The van der Waals surface area contributed by atoms with Crippen LogP contribution < -0.4 is 5.73 Å². The fourth-order valence-electron chi connectivity index (χ4n) is 2.03. The van der Waals surface area contributed by atoms with Gasteiger partial charge in [-0.2, -0.15) is 0 Å². The third kappa shape index (κ3) is 2.12. The molecule has 7 heteroatoms. The Morgan fingerprint density at radius 1 is 1.20 bits per heavy atom. The Labute approximate surface area is 135 Å². The number of hydrogen-bond acceptors (Lipinski definition) is 2. The zero-order chi connectivity index (χ0) is 14.4. The number of anilines is 1. The number of halogens is 4. The first-order valence-corrected chi connectivity index (χ1v) is 7.53. The molecule has 2 N–H and O–H groups in total. The smallest absolute Gasteiger partial charge is 0.206 e. The van der Waals surface area contributed by atoms with Gasteiger partial charge in [0.15, 0.2) is 0 Å². The Hall–Kier alpha value is -1.11. The minimum atomic E-state index is -0.511. The Kier molecular flexibility index (Phi) is 3.48. The minimum Gasteiger partial charge on any atom is -0.369 e. The van der Waals surface area contributed by atoms with Gasteiger partial charge in [-0.3, -0.25) is 4.57 Å². The number of para-hydroxylation sites is 1. The average molecular weight is 419 g/mol. The average Bonchev–Trinajstić information content (AvgIpc) is 2.67. The number of imidazole rings is 1. The lowest BCUT2D eigenvalue weighted by Crippen LogP contribution is -2.02. The van der Waals surface area contributed by atoms with E-state index in [0.717, 1.165) is 14.6 Å². The van der Waals surface area contributed by atoms with Crippen LogP contribution in [0.3, 0.4) is 0 Å². The van der Waals surface area contributed by atoms with Gasteiger partial charge >= 0.3 is 0 Å². The molecular weight excluding hydrogens is 412 g/mol. The van der Waals surface area contributed by atoms with E-state index in [4.69, 9.17) is 17.3 Å². The number of nitrogen functional groups attached to an aromatic ring is 1. The molecule has 0 amide bonds. The lowest BCUT2D eigenvalue weighted by molar-refractivity contribution is 0.629. The summed E-state index contributed by atoms with van der Waals surface area (Å²) in [5.74, 6) is -0.252. The molecule has 3 aromatic rings. The molecule has 0 saturated heterocycles. The third-order valence-electron chi connectivity index (χ3n) is 2.88. The molecule has 0 radical (unpaired) electrons. The molecule has 102 valence electrons. The molecule has 0 spiro atoms. The topological polar surface area (TPSA) is 43.8 Å². The van der Waals surface area contributed by atoms with Crippen LogP contribution in [0.4, 0.5) is 10.3 Å². The predicted octanol–water partition coefficient (Wildman–Crippen LogP) is 4.93. The van der Waals surface area contributed by atoms with Crippen molar-refractivity contribution in [3.8, 4) is 5.69 Å². The van der Waals surface area contributed by atoms with Crippen molar-refractivity contribution < 1.29 is 4.39 Å². The molecule has 20 heavy (non-hydrogen) atoms. The van der Waals surface area contributed by atoms with Crippen LogP contribution in [-0.4, -0.2) is 9.55 Å². The van der Waals surface area contributed by atoms with Gasteiger partial charge in [-0.1, -0.05) is 17.7 Å². The van der Waals surface area contributed by atoms with Gasteiger partial charge in [-0.15, -0.1) is 0 Å². The van der Waals surface area contributed by atoms with Crippen LogP contribution in [0.25, 0.3) is 16.7 Å². The first-order valence-electron chi connectivity index (χ1n) is 5.56. The molecule has 0 aliphatic rings. The summed E-state index contributed by atoms with van der Waals surface area (Å²) in [7, 11) is 0. The highest BCUT2D eigenvalue weighted by molar-refractivity contribution is 9.11. The minimum absolute atomic E-state index is 0.0216. The van der Waals surface area contributed by atoms with E-state index in [-0.39, 0.29) is 11.0 Å². The van der Waals surface area contributed by atoms with Crippen molar-refractivity contribution in [3.05, 3.63) is 50.1 Å². The second-order valence-electron chi connectivity index (χ2n) is 4.13. The molecule has 0 atom stereocenters. The van der Waals surface area contributed by atoms with Crippen molar-refractivity contribution in [2.24, 2.45) is 0 Å². The first kappa shape index (κ1) is 13.9. The van der Waals surface area contributed by atoms with Crippen molar-refractivity contribution in [1.29, 1.82) is 0 Å². The van der Waals surface area contributed by atoms with Crippen LogP contribution in [0.2, 0.25) is 5.02 Å². The van der Waals surface area contributed by atoms with Crippen LogP contribution in [0.1, 0.15) is 0 Å². The van der Waals surface area contributed by atoms with Crippen molar-refractivity contribution in [3.63, 3.8) is 0 Å². The van der Waals surface area contributed by atoms with Gasteiger partial charge in [0.25, 0.3) is 0 Å². The van der Waals surface area contributed by atoms with E-state index >= 15 is 0 Å². The maximum Gasteiger partial charge on any atom is 0.206 e. The van der Waals surface area contributed by atoms with Gasteiger partial charge in [0.2, 0.25) is 5.95 Å². The maximum absolute atomic E-state index is 13.7. The zero-order valence-corrected chi connectivity index (χ0v) is 13.8. The van der Waals surface area contributed by atoms with Gasteiger partial charge in [0, 0.05) is 15.0 Å². The molecule has 0 fully saturated rings. The Morgan fingerprint density at radius 2 is 1.85 bits per heavy atom. The number of nitrogens with two attached hydrogens (primary N) is 1. The Balaban J connectivity index is 2.42. The summed E-state index contributed by atoms with van der Waals surface area (Å²) in [4.78, 5) is 4.22. The highest BCUT2D eigenvalue weighted by Gasteiger charge is 2.16. The van der Waals surface area contributed by atoms with Crippen molar-refractivity contribution in [2.45, 2.75) is 0 Å². The fraction of sp³-hybridized carbons (Fsp3) is 0. The largest absolute Gasteiger partial charge is 0.369 e. The van der Waals surface area contributed by atoms with E-state index in [1.54, 1.807) is 4.57 Å². The SMILES string of the molecule is Nc1nc2cc(Cl)c(F)cc2n1-c1c(Br)cccc1Br. The number of fused-ring (bicyclic) bond motifs is 1. The molecule has 0 bridgehead atoms. The second-order valence-corrected chi connectivity index (χ2v) is 6.25. The quantitative estimate of drug-likeness (QED) is 0.608. The maximum atomic E-state index is 13.7. The Bertz CT molecular complexity index is 812. The molecule has 3 nitrogen and oxygen atoms in total. The van der Waals surface area contributed by atoms with Crippen LogP contribution >= 0.6 is 43.5 Å².